The van der Waals surface area contributed by atoms with Gasteiger partial charge in [-0.1, -0.05) is 36.4 Å². The number of hydrogen-bond donors (Lipinski definition) is 0. The number of hydrogen-bond acceptors (Lipinski definition) is 8. The van der Waals surface area contributed by atoms with Crippen molar-refractivity contribution in [3.63, 3.8) is 0 Å². The summed E-state index contributed by atoms with van der Waals surface area (Å²) in [5.74, 6) is 0. The number of nitrogens with zero attached hydrogens (tertiary/aromatic N) is 9. The molecule has 0 N–H and O–H groups in total. The summed E-state index contributed by atoms with van der Waals surface area (Å²) in [5.41, 5.74) is 0. The summed E-state index contributed by atoms with van der Waals surface area (Å²) in [6, 6.07) is 35.6. The van der Waals surface area contributed by atoms with E-state index in [4.69, 9.17) is 10.7 Å². The van der Waals surface area contributed by atoms with Gasteiger partial charge in [-0.25, -0.2) is 0 Å². The van der Waals surface area contributed by atoms with Crippen molar-refractivity contribution in [2.45, 2.75) is 0 Å². The van der Waals surface area contributed by atoms with Crippen LogP contribution in [0.25, 0.3) is 5.41 Å². The molecule has 6 aromatic heterocycles. The number of halogens is 1. The van der Waals surface area contributed by atoms with Crippen LogP contribution in [0.2, 0.25) is 0 Å². The summed E-state index contributed by atoms with van der Waals surface area (Å²) in [4.78, 5) is 25.3. The molecule has 9 nitrogen and oxygen atoms in total. The van der Waals surface area contributed by atoms with Crippen LogP contribution in [-0.2, 0) is 17.1 Å². The molecule has 43 heavy (non-hydrogen) atoms. The van der Waals surface area contributed by atoms with Crippen molar-refractivity contribution in [1.82, 2.24) is 29.9 Å². The molecule has 0 aliphatic carbocycles. The molecular formula is C32H30ClCuN9. The van der Waals surface area contributed by atoms with Gasteiger partial charge < -0.3 is 22.8 Å². The number of aliphatic imine (C=N–C) groups is 1. The van der Waals surface area contributed by atoms with Gasteiger partial charge in [-0.2, -0.15) is 5.26 Å². The average molecular weight is 640 g/mol. The molecule has 0 amide bonds. The summed E-state index contributed by atoms with van der Waals surface area (Å²) < 4.78 is 0. The molecule has 6 aromatic rings. The Labute approximate surface area is 270 Å². The van der Waals surface area contributed by atoms with E-state index in [1.807, 2.05) is 109 Å². The molecule has 0 unspecified atom stereocenters. The summed E-state index contributed by atoms with van der Waals surface area (Å²) in [6.45, 7) is 0. The van der Waals surface area contributed by atoms with Gasteiger partial charge in [0.1, 0.15) is 0 Å². The molecule has 0 aliphatic heterocycles. The van der Waals surface area contributed by atoms with Crippen LogP contribution in [0.1, 0.15) is 0 Å². The van der Waals surface area contributed by atoms with Crippen molar-refractivity contribution in [2.75, 3.05) is 0 Å². The summed E-state index contributed by atoms with van der Waals surface area (Å²) in [5, 5.41) is 14.9. The van der Waals surface area contributed by atoms with Crippen LogP contribution >= 0.6 is 0 Å². The Balaban J connectivity index is -0.000000431. The zero-order chi connectivity index (χ0) is 29.6. The fourth-order valence-electron chi connectivity index (χ4n) is 1.90. The molecule has 11 heteroatoms. The maximum Gasteiger partial charge on any atom is 2.00 e. The minimum Gasteiger partial charge on any atom is -1.00 e. The van der Waals surface area contributed by atoms with Crippen molar-refractivity contribution >= 4 is 6.01 Å². The van der Waals surface area contributed by atoms with Gasteiger partial charge in [-0.15, -0.1) is 6.01 Å². The number of aromatic nitrogens is 6. The maximum atomic E-state index is 7.43. The van der Waals surface area contributed by atoms with Gasteiger partial charge in [0.15, 0.2) is 0 Å². The van der Waals surface area contributed by atoms with E-state index in [2.05, 4.69) is 34.9 Å². The van der Waals surface area contributed by atoms with Crippen LogP contribution in [0.4, 0.5) is 0 Å². The van der Waals surface area contributed by atoms with E-state index in [9.17, 15) is 0 Å². The molecule has 0 saturated heterocycles. The van der Waals surface area contributed by atoms with Crippen LogP contribution in [-0.4, -0.2) is 35.9 Å². The van der Waals surface area contributed by atoms with E-state index in [0.29, 0.717) is 0 Å². The number of nitriles is 1. The first kappa shape index (κ1) is 42.1. The minimum atomic E-state index is 0. The van der Waals surface area contributed by atoms with E-state index in [1.54, 1.807) is 74.4 Å². The number of rotatable bonds is 0. The summed E-state index contributed by atoms with van der Waals surface area (Å²) in [7, 11) is 0. The third-order valence-corrected chi connectivity index (χ3v) is 3.50. The molecule has 0 atom stereocenters. The van der Waals surface area contributed by atoms with Gasteiger partial charge in [-0.3, -0.25) is 29.9 Å². The molecule has 6 rings (SSSR count). The van der Waals surface area contributed by atoms with E-state index in [0.717, 1.165) is 0 Å². The zero-order valence-electron chi connectivity index (χ0n) is 23.0. The van der Waals surface area contributed by atoms with E-state index in [-0.39, 0.29) is 29.5 Å². The van der Waals surface area contributed by atoms with Crippen LogP contribution in [0.5, 0.6) is 0 Å². The molecule has 6 heterocycles. The summed E-state index contributed by atoms with van der Waals surface area (Å²) >= 11 is 0. The molecule has 0 aliphatic rings. The maximum absolute atomic E-state index is 7.43. The predicted octanol–water partition coefficient (Wildman–Crippen LogP) is 3.70. The van der Waals surface area contributed by atoms with Crippen molar-refractivity contribution in [1.29, 1.82) is 5.26 Å². The fourth-order valence-corrected chi connectivity index (χ4v) is 1.90. The standard InChI is InChI=1S/6C5H5N.C2N3.ClH.Cu/c6*1-2-4-6-5-3-1;3-1-5-2-4;;/h6*1-5H;;1H;/q;;;;;;-1;;+2/p-1. The normalized spacial score (nSPS) is 7.14. The Bertz CT molecular complexity index is 928. The number of pyridine rings is 6. The summed E-state index contributed by atoms with van der Waals surface area (Å²) in [6.07, 6.45) is 22.3. The zero-order valence-corrected chi connectivity index (χ0v) is 24.7. The Morgan fingerprint density at radius 3 is 0.558 bits per heavy atom. The van der Waals surface area contributed by atoms with Gasteiger partial charge in [0.2, 0.25) is 0 Å². The Morgan fingerprint density at radius 2 is 0.535 bits per heavy atom. The van der Waals surface area contributed by atoms with Crippen molar-refractivity contribution < 1.29 is 29.5 Å². The second-order valence-corrected chi connectivity index (χ2v) is 6.46. The fraction of sp³-hybridized carbons (Fsp3) is 0. The first-order valence-electron chi connectivity index (χ1n) is 12.0. The van der Waals surface area contributed by atoms with Crippen LogP contribution in [0.15, 0.2) is 189 Å². The smallest absolute Gasteiger partial charge is 1.00 e. The predicted molar refractivity (Wildman–Crippen MR) is 162 cm³/mol. The molecule has 0 bridgehead atoms. The quantitative estimate of drug-likeness (QED) is 0.141. The van der Waals surface area contributed by atoms with Gasteiger partial charge in [0.05, 0.1) is 6.19 Å². The second kappa shape index (κ2) is 41.1. The van der Waals surface area contributed by atoms with E-state index in [1.165, 1.54) is 12.2 Å². The van der Waals surface area contributed by atoms with Gasteiger partial charge in [0.25, 0.3) is 0 Å². The monoisotopic (exact) mass is 638 g/mol. The SMILES string of the molecule is N#CN=C=[N-].[Cl-].[Cu+2].c1ccncc1.c1ccncc1.c1ccncc1.c1ccncc1.c1ccncc1.c1ccncc1. The van der Waals surface area contributed by atoms with Gasteiger partial charge in [-0.05, 0) is 72.8 Å². The average Bonchev–Trinajstić information content (AvgIpc) is 3.11. The van der Waals surface area contributed by atoms with Crippen LogP contribution in [0, 0.1) is 11.5 Å². The van der Waals surface area contributed by atoms with Crippen LogP contribution in [0.3, 0.4) is 0 Å². The van der Waals surface area contributed by atoms with Crippen molar-refractivity contribution in [3.05, 3.63) is 189 Å². The molecule has 0 spiro atoms. The molecule has 1 radical (unpaired) electrons. The Hall–Kier alpha value is -5.42. The topological polar surface area (TPSA) is 136 Å². The van der Waals surface area contributed by atoms with Crippen molar-refractivity contribution in [2.24, 2.45) is 4.99 Å². The first-order chi connectivity index (χ1) is 20.4. The van der Waals surface area contributed by atoms with E-state index >= 15 is 0 Å². The van der Waals surface area contributed by atoms with Gasteiger partial charge in [0, 0.05) is 74.4 Å². The molecule has 0 aromatic carbocycles. The molecular weight excluding hydrogens is 609 g/mol. The third kappa shape index (κ3) is 41.2. The molecule has 0 saturated carbocycles. The Morgan fingerprint density at radius 1 is 0.372 bits per heavy atom. The van der Waals surface area contributed by atoms with Gasteiger partial charge >= 0.3 is 17.1 Å². The second-order valence-electron chi connectivity index (χ2n) is 6.46. The Kier molecular flexibility index (Phi) is 40.2. The first-order valence-corrected chi connectivity index (χ1v) is 12.0. The minimum absolute atomic E-state index is 0. The van der Waals surface area contributed by atoms with E-state index < -0.39 is 0 Å². The largest absolute Gasteiger partial charge is 2.00 e. The third-order valence-electron chi connectivity index (χ3n) is 3.50. The van der Waals surface area contributed by atoms with Crippen LogP contribution < -0.4 is 12.4 Å². The van der Waals surface area contributed by atoms with Crippen molar-refractivity contribution in [3.8, 4) is 6.19 Å². The molecule has 221 valence electrons. The molecule has 0 fully saturated rings.